The molecule has 0 fully saturated rings. The zero-order valence-electron chi connectivity index (χ0n) is 17.4. The van der Waals surface area contributed by atoms with E-state index in [-0.39, 0.29) is 12.1 Å². The highest BCUT2D eigenvalue weighted by Crippen LogP contribution is 2.29. The Hall–Kier alpha value is -3.72. The van der Waals surface area contributed by atoms with Crippen molar-refractivity contribution in [3.05, 3.63) is 60.3 Å². The van der Waals surface area contributed by atoms with Crippen LogP contribution in [0.25, 0.3) is 10.9 Å². The summed E-state index contributed by atoms with van der Waals surface area (Å²) in [4.78, 5) is 21.4. The normalized spacial score (nSPS) is 13.4. The molecule has 9 heteroatoms. The maximum atomic E-state index is 12.8. The first-order chi connectivity index (χ1) is 15.1. The summed E-state index contributed by atoms with van der Waals surface area (Å²) < 4.78 is 9.44. The van der Waals surface area contributed by atoms with Gasteiger partial charge in [0.2, 0.25) is 5.88 Å². The Morgan fingerprint density at radius 3 is 2.94 bits per heavy atom. The van der Waals surface area contributed by atoms with Crippen LogP contribution in [0.4, 0.5) is 10.6 Å². The molecule has 9 nitrogen and oxygen atoms in total. The van der Waals surface area contributed by atoms with Gasteiger partial charge in [0.1, 0.15) is 12.1 Å². The smallest absolute Gasteiger partial charge is 0.331 e. The molecule has 2 N–H and O–H groups in total. The van der Waals surface area contributed by atoms with Crippen molar-refractivity contribution in [2.45, 2.75) is 32.9 Å². The second kappa shape index (κ2) is 7.84. The minimum Gasteiger partial charge on any atom is -0.439 e. The Balaban J connectivity index is 1.37. The molecule has 1 aliphatic heterocycles. The lowest BCUT2D eigenvalue weighted by Gasteiger charge is -2.18. The Bertz CT molecular complexity index is 1260. The molecule has 0 saturated heterocycles. The van der Waals surface area contributed by atoms with Gasteiger partial charge in [0.05, 0.1) is 11.2 Å². The maximum absolute atomic E-state index is 12.8. The van der Waals surface area contributed by atoms with Gasteiger partial charge in [-0.25, -0.2) is 14.8 Å². The number of carbonyl (C=O) groups excluding carboxylic acids is 1. The second-order valence-corrected chi connectivity index (χ2v) is 7.74. The second-order valence-electron chi connectivity index (χ2n) is 7.74. The summed E-state index contributed by atoms with van der Waals surface area (Å²) >= 11 is 0. The highest BCUT2D eigenvalue weighted by molar-refractivity contribution is 5.98. The van der Waals surface area contributed by atoms with Crippen molar-refractivity contribution in [3.8, 4) is 11.6 Å². The number of amides is 1. The van der Waals surface area contributed by atoms with E-state index in [9.17, 15) is 4.79 Å². The summed E-state index contributed by atoms with van der Waals surface area (Å²) in [7, 11) is 0. The van der Waals surface area contributed by atoms with E-state index < -0.39 is 0 Å². The summed E-state index contributed by atoms with van der Waals surface area (Å²) in [5.41, 5.74) is 2.79. The van der Waals surface area contributed by atoms with Gasteiger partial charge in [-0.05, 0) is 51.1 Å². The molecule has 0 bridgehead atoms. The van der Waals surface area contributed by atoms with Crippen LogP contribution in [0.2, 0.25) is 0 Å². The third kappa shape index (κ3) is 3.75. The molecule has 0 unspecified atom stereocenters. The van der Waals surface area contributed by atoms with Gasteiger partial charge >= 0.3 is 6.03 Å². The van der Waals surface area contributed by atoms with E-state index in [1.54, 1.807) is 21.5 Å². The van der Waals surface area contributed by atoms with E-state index in [0.29, 0.717) is 17.4 Å². The summed E-state index contributed by atoms with van der Waals surface area (Å²) in [5, 5.41) is 11.4. The fraction of sp³-hybridized carbons (Fsp3) is 0.273. The number of hydrogen-bond donors (Lipinski definition) is 2. The molecule has 5 rings (SSSR count). The van der Waals surface area contributed by atoms with Crippen molar-refractivity contribution in [1.82, 2.24) is 29.6 Å². The van der Waals surface area contributed by atoms with Gasteiger partial charge in [0, 0.05) is 42.0 Å². The average Bonchev–Trinajstić information content (AvgIpc) is 3.41. The number of benzene rings is 1. The third-order valence-electron chi connectivity index (χ3n) is 5.31. The predicted molar refractivity (Wildman–Crippen MR) is 116 cm³/mol. The van der Waals surface area contributed by atoms with Crippen LogP contribution in [0.5, 0.6) is 11.6 Å². The summed E-state index contributed by atoms with van der Waals surface area (Å²) in [5.74, 6) is 1.77. The van der Waals surface area contributed by atoms with E-state index in [0.717, 1.165) is 41.7 Å². The van der Waals surface area contributed by atoms with E-state index in [2.05, 4.69) is 25.7 Å². The number of nitrogens with zero attached hydrogens (tertiary/aromatic N) is 5. The molecule has 158 valence electrons. The van der Waals surface area contributed by atoms with Gasteiger partial charge in [0.15, 0.2) is 5.82 Å². The number of fused-ring (bicyclic) bond motifs is 2. The van der Waals surface area contributed by atoms with Gasteiger partial charge in [-0.15, -0.1) is 0 Å². The molecule has 1 amide bonds. The molecule has 0 saturated carbocycles. The standard InChI is InChI=1S/C22H23N7O2/c1-14(2)29-10-7-20(27-29)26-22(30)28-9-6-15-11-16(3-4-19(15)28)31-21-17-5-8-23-12-18(17)24-13-25-21/h3-4,6-7,9-11,13-14,23H,5,8,12H2,1-2H3,(H,26,27,30). The van der Waals surface area contributed by atoms with Crippen LogP contribution in [0.1, 0.15) is 31.1 Å². The number of aromatic nitrogens is 5. The quantitative estimate of drug-likeness (QED) is 0.525. The zero-order chi connectivity index (χ0) is 21.4. The molecule has 31 heavy (non-hydrogen) atoms. The van der Waals surface area contributed by atoms with Crippen LogP contribution in [-0.2, 0) is 13.0 Å². The molecule has 1 aromatic carbocycles. The van der Waals surface area contributed by atoms with Crippen LogP contribution < -0.4 is 15.4 Å². The Kier molecular flexibility index (Phi) is 4.87. The van der Waals surface area contributed by atoms with Crippen LogP contribution in [0.3, 0.4) is 0 Å². The molecule has 1 aliphatic rings. The van der Waals surface area contributed by atoms with Crippen molar-refractivity contribution in [1.29, 1.82) is 0 Å². The number of hydrogen-bond acceptors (Lipinski definition) is 6. The summed E-state index contributed by atoms with van der Waals surface area (Å²) in [6.45, 7) is 5.67. The topological polar surface area (TPSA) is 98.9 Å². The molecule has 0 atom stereocenters. The van der Waals surface area contributed by atoms with Crippen LogP contribution in [0.15, 0.2) is 49.1 Å². The predicted octanol–water partition coefficient (Wildman–Crippen LogP) is 3.73. The molecule has 0 spiro atoms. The molecule has 3 aromatic heterocycles. The number of nitrogens with one attached hydrogen (secondary N) is 2. The van der Waals surface area contributed by atoms with Crippen molar-refractivity contribution in [2.75, 3.05) is 11.9 Å². The van der Waals surface area contributed by atoms with Crippen LogP contribution >= 0.6 is 0 Å². The number of anilines is 1. The van der Waals surface area contributed by atoms with Crippen molar-refractivity contribution in [3.63, 3.8) is 0 Å². The van der Waals surface area contributed by atoms with Crippen LogP contribution in [0, 0.1) is 0 Å². The number of ether oxygens (including phenoxy) is 1. The molecular formula is C22H23N7O2. The van der Waals surface area contributed by atoms with E-state index in [1.165, 1.54) is 6.33 Å². The number of rotatable bonds is 4. The van der Waals surface area contributed by atoms with Crippen molar-refractivity contribution < 1.29 is 9.53 Å². The first-order valence-electron chi connectivity index (χ1n) is 10.3. The molecule has 0 aliphatic carbocycles. The third-order valence-corrected chi connectivity index (χ3v) is 5.31. The summed E-state index contributed by atoms with van der Waals surface area (Å²) in [6.07, 6.45) is 5.94. The Morgan fingerprint density at radius 1 is 1.19 bits per heavy atom. The number of carbonyl (C=O) groups is 1. The zero-order valence-corrected chi connectivity index (χ0v) is 17.4. The highest BCUT2D eigenvalue weighted by atomic mass is 16.5. The Labute approximate surface area is 179 Å². The van der Waals surface area contributed by atoms with Crippen LogP contribution in [-0.4, -0.2) is 36.9 Å². The average molecular weight is 417 g/mol. The lowest BCUT2D eigenvalue weighted by molar-refractivity contribution is 0.254. The van der Waals surface area contributed by atoms with Crippen molar-refractivity contribution >= 4 is 22.8 Å². The molecule has 4 aromatic rings. The van der Waals surface area contributed by atoms with E-state index >= 15 is 0 Å². The first kappa shape index (κ1) is 19.3. The fourth-order valence-corrected chi connectivity index (χ4v) is 3.68. The molecular weight excluding hydrogens is 394 g/mol. The van der Waals surface area contributed by atoms with Gasteiger partial charge in [-0.2, -0.15) is 5.10 Å². The minimum absolute atomic E-state index is 0.230. The van der Waals surface area contributed by atoms with Gasteiger partial charge in [0.25, 0.3) is 0 Å². The highest BCUT2D eigenvalue weighted by Gasteiger charge is 2.17. The monoisotopic (exact) mass is 417 g/mol. The van der Waals surface area contributed by atoms with Gasteiger partial charge in [-0.1, -0.05) is 0 Å². The SMILES string of the molecule is CC(C)n1ccc(NC(=O)n2ccc3cc(Oc4ncnc5c4CCNC5)ccc32)n1. The van der Waals surface area contributed by atoms with Gasteiger partial charge < -0.3 is 10.1 Å². The maximum Gasteiger partial charge on any atom is 0.331 e. The lowest BCUT2D eigenvalue weighted by Crippen LogP contribution is -2.25. The fourth-order valence-electron chi connectivity index (χ4n) is 3.68. The molecule has 0 radical (unpaired) electrons. The lowest BCUT2D eigenvalue weighted by atomic mass is 10.1. The van der Waals surface area contributed by atoms with E-state index in [1.807, 2.05) is 44.3 Å². The largest absolute Gasteiger partial charge is 0.439 e. The Morgan fingerprint density at radius 2 is 2.10 bits per heavy atom. The van der Waals surface area contributed by atoms with E-state index in [4.69, 9.17) is 4.74 Å². The molecule has 4 heterocycles. The summed E-state index contributed by atoms with van der Waals surface area (Å²) in [6, 6.07) is 9.24. The van der Waals surface area contributed by atoms with Gasteiger partial charge in [-0.3, -0.25) is 14.6 Å². The van der Waals surface area contributed by atoms with Crippen molar-refractivity contribution in [2.24, 2.45) is 0 Å². The minimum atomic E-state index is -0.268. The first-order valence-corrected chi connectivity index (χ1v) is 10.3.